The van der Waals surface area contributed by atoms with Gasteiger partial charge in [0.1, 0.15) is 0 Å². The Hall–Kier alpha value is -1.13. The van der Waals surface area contributed by atoms with Gasteiger partial charge in [0.15, 0.2) is 0 Å². The van der Waals surface area contributed by atoms with Gasteiger partial charge in [-0.25, -0.2) is 4.98 Å². The van der Waals surface area contributed by atoms with Crippen molar-refractivity contribution >= 4 is 5.70 Å². The van der Waals surface area contributed by atoms with Crippen LogP contribution in [0.4, 0.5) is 0 Å². The molecular weight excluding hydrogens is 202 g/mol. The van der Waals surface area contributed by atoms with Gasteiger partial charge in [0.25, 0.3) is 0 Å². The highest BCUT2D eigenvalue weighted by atomic mass is 16.3. The van der Waals surface area contributed by atoms with Crippen LogP contribution in [0.3, 0.4) is 0 Å². The van der Waals surface area contributed by atoms with Crippen LogP contribution in [-0.4, -0.2) is 34.4 Å². The first-order valence-corrected chi connectivity index (χ1v) is 5.67. The first-order valence-electron chi connectivity index (χ1n) is 5.67. The molecule has 1 heterocycles. The maximum absolute atomic E-state index is 9.48. The minimum atomic E-state index is -0.0567. The predicted molar refractivity (Wildman–Crippen MR) is 63.8 cm³/mol. The van der Waals surface area contributed by atoms with E-state index < -0.39 is 0 Å². The number of aromatic nitrogens is 2. The molecule has 1 aliphatic rings. The van der Waals surface area contributed by atoms with Crippen LogP contribution in [0.1, 0.15) is 19.8 Å². The maximum atomic E-state index is 9.48. The summed E-state index contributed by atoms with van der Waals surface area (Å²) in [6.45, 7) is 2.33. The van der Waals surface area contributed by atoms with E-state index in [2.05, 4.69) is 23.3 Å². The van der Waals surface area contributed by atoms with E-state index in [0.717, 1.165) is 12.8 Å². The SMILES string of the molecule is CNC1C=C(n2ccnc2)CCC1(C)CO. The monoisotopic (exact) mass is 221 g/mol. The summed E-state index contributed by atoms with van der Waals surface area (Å²) in [5.74, 6) is 0. The predicted octanol–water partition coefficient (Wildman–Crippen LogP) is 1.10. The molecule has 2 N–H and O–H groups in total. The summed E-state index contributed by atoms with van der Waals surface area (Å²) in [6, 6.07) is 0.212. The number of nitrogens with zero attached hydrogens (tertiary/aromatic N) is 2. The Morgan fingerprint density at radius 3 is 3.06 bits per heavy atom. The lowest BCUT2D eigenvalue weighted by Gasteiger charge is -2.38. The number of rotatable bonds is 3. The van der Waals surface area contributed by atoms with E-state index in [1.807, 2.05) is 24.1 Å². The maximum Gasteiger partial charge on any atom is 0.0989 e. The van der Waals surface area contributed by atoms with Gasteiger partial charge in [0.05, 0.1) is 12.9 Å². The zero-order valence-corrected chi connectivity index (χ0v) is 9.85. The molecule has 0 aliphatic heterocycles. The molecule has 2 unspecified atom stereocenters. The summed E-state index contributed by atoms with van der Waals surface area (Å²) in [6.07, 6.45) is 9.72. The molecule has 2 atom stereocenters. The molecule has 1 aromatic rings. The number of imidazole rings is 1. The fourth-order valence-electron chi connectivity index (χ4n) is 2.30. The smallest absolute Gasteiger partial charge is 0.0989 e. The van der Waals surface area contributed by atoms with Crippen molar-refractivity contribution in [2.75, 3.05) is 13.7 Å². The molecule has 0 saturated heterocycles. The van der Waals surface area contributed by atoms with Gasteiger partial charge in [-0.15, -0.1) is 0 Å². The number of hydrogen-bond donors (Lipinski definition) is 2. The molecule has 0 saturated carbocycles. The van der Waals surface area contributed by atoms with Gasteiger partial charge < -0.3 is 15.0 Å². The molecule has 0 radical (unpaired) electrons. The van der Waals surface area contributed by atoms with Gasteiger partial charge in [0.2, 0.25) is 0 Å². The van der Waals surface area contributed by atoms with E-state index in [9.17, 15) is 5.11 Å². The van der Waals surface area contributed by atoms with Gasteiger partial charge in [-0.1, -0.05) is 6.92 Å². The highest BCUT2D eigenvalue weighted by Gasteiger charge is 2.34. The molecule has 0 fully saturated rings. The van der Waals surface area contributed by atoms with Crippen LogP contribution >= 0.6 is 0 Å². The molecule has 88 valence electrons. The van der Waals surface area contributed by atoms with Crippen molar-refractivity contribution in [1.29, 1.82) is 0 Å². The highest BCUT2D eigenvalue weighted by molar-refractivity contribution is 5.48. The summed E-state index contributed by atoms with van der Waals surface area (Å²) in [5, 5.41) is 12.7. The zero-order chi connectivity index (χ0) is 11.6. The number of allylic oxidation sites excluding steroid dienone is 1. The second-order valence-corrected chi connectivity index (χ2v) is 4.71. The van der Waals surface area contributed by atoms with Crippen LogP contribution in [0.5, 0.6) is 0 Å². The molecule has 4 heteroatoms. The van der Waals surface area contributed by atoms with Gasteiger partial charge in [-0.2, -0.15) is 0 Å². The first kappa shape index (κ1) is 11.4. The zero-order valence-electron chi connectivity index (χ0n) is 9.85. The Balaban J connectivity index is 2.26. The third-order valence-electron chi connectivity index (χ3n) is 3.57. The van der Waals surface area contributed by atoms with Crippen LogP contribution in [0.15, 0.2) is 24.8 Å². The van der Waals surface area contributed by atoms with Crippen molar-refractivity contribution in [2.24, 2.45) is 5.41 Å². The summed E-state index contributed by atoms with van der Waals surface area (Å²) >= 11 is 0. The number of nitrogens with one attached hydrogen (secondary N) is 1. The molecule has 0 bridgehead atoms. The Labute approximate surface area is 96.0 Å². The van der Waals surface area contributed by atoms with Crippen LogP contribution in [0, 0.1) is 5.41 Å². The Bertz CT molecular complexity index is 372. The number of aliphatic hydroxyl groups is 1. The molecule has 1 aromatic heterocycles. The van der Waals surface area contributed by atoms with Crippen molar-refractivity contribution in [1.82, 2.24) is 14.9 Å². The van der Waals surface area contributed by atoms with Crippen LogP contribution in [0.25, 0.3) is 5.70 Å². The van der Waals surface area contributed by atoms with E-state index in [4.69, 9.17) is 0 Å². The highest BCUT2D eigenvalue weighted by Crippen LogP contribution is 2.36. The first-order chi connectivity index (χ1) is 7.69. The molecule has 2 rings (SSSR count). The van der Waals surface area contributed by atoms with Gasteiger partial charge in [-0.3, -0.25) is 0 Å². The number of hydrogen-bond acceptors (Lipinski definition) is 3. The normalized spacial score (nSPS) is 30.2. The third kappa shape index (κ3) is 1.90. The molecule has 1 aliphatic carbocycles. The molecule has 4 nitrogen and oxygen atoms in total. The molecule has 0 aromatic carbocycles. The van der Waals surface area contributed by atoms with Crippen molar-refractivity contribution in [3.8, 4) is 0 Å². The van der Waals surface area contributed by atoms with Crippen molar-refractivity contribution < 1.29 is 5.11 Å². The summed E-state index contributed by atoms with van der Waals surface area (Å²) in [7, 11) is 1.94. The quantitative estimate of drug-likeness (QED) is 0.803. The minimum Gasteiger partial charge on any atom is -0.396 e. The van der Waals surface area contributed by atoms with E-state index >= 15 is 0 Å². The lowest BCUT2D eigenvalue weighted by Crippen LogP contribution is -2.45. The number of aliphatic hydroxyl groups excluding tert-OH is 1. The average Bonchev–Trinajstić information content (AvgIpc) is 2.83. The Kier molecular flexibility index (Phi) is 3.12. The lowest BCUT2D eigenvalue weighted by molar-refractivity contribution is 0.106. The molecule has 16 heavy (non-hydrogen) atoms. The fourth-order valence-corrected chi connectivity index (χ4v) is 2.30. The van der Waals surface area contributed by atoms with Gasteiger partial charge >= 0.3 is 0 Å². The summed E-state index contributed by atoms with van der Waals surface area (Å²) < 4.78 is 2.04. The Morgan fingerprint density at radius 1 is 1.69 bits per heavy atom. The topological polar surface area (TPSA) is 50.1 Å². The molecule has 0 amide bonds. The molecular formula is C12H19N3O. The van der Waals surface area contributed by atoms with E-state index in [-0.39, 0.29) is 18.1 Å². The molecule has 0 spiro atoms. The van der Waals surface area contributed by atoms with E-state index in [1.54, 1.807) is 6.20 Å². The third-order valence-corrected chi connectivity index (χ3v) is 3.57. The van der Waals surface area contributed by atoms with Crippen molar-refractivity contribution in [3.05, 3.63) is 24.8 Å². The van der Waals surface area contributed by atoms with Crippen molar-refractivity contribution in [3.63, 3.8) is 0 Å². The summed E-state index contributed by atoms with van der Waals surface area (Å²) in [5.41, 5.74) is 1.20. The minimum absolute atomic E-state index is 0.0567. The Morgan fingerprint density at radius 2 is 2.50 bits per heavy atom. The van der Waals surface area contributed by atoms with Gasteiger partial charge in [-0.05, 0) is 26.0 Å². The van der Waals surface area contributed by atoms with Crippen LogP contribution in [-0.2, 0) is 0 Å². The number of likely N-dealkylation sites (N-methyl/N-ethyl adjacent to an activating group) is 1. The van der Waals surface area contributed by atoms with E-state index in [0.29, 0.717) is 0 Å². The average molecular weight is 221 g/mol. The lowest BCUT2D eigenvalue weighted by atomic mass is 9.74. The van der Waals surface area contributed by atoms with Gasteiger partial charge in [0, 0.05) is 29.5 Å². The van der Waals surface area contributed by atoms with Crippen molar-refractivity contribution in [2.45, 2.75) is 25.8 Å². The van der Waals surface area contributed by atoms with E-state index in [1.165, 1.54) is 5.70 Å². The second kappa shape index (κ2) is 4.39. The second-order valence-electron chi connectivity index (χ2n) is 4.71. The summed E-state index contributed by atoms with van der Waals surface area (Å²) in [4.78, 5) is 4.06. The fraction of sp³-hybridized carbons (Fsp3) is 0.583. The van der Waals surface area contributed by atoms with Crippen LogP contribution in [0.2, 0.25) is 0 Å². The largest absolute Gasteiger partial charge is 0.396 e. The standard InChI is InChI=1S/C12H19N3O/c1-12(8-16)4-3-10(7-11(12)13-2)15-6-5-14-9-15/h5-7,9,11,13,16H,3-4,8H2,1-2H3. The van der Waals surface area contributed by atoms with Crippen LogP contribution < -0.4 is 5.32 Å².